The van der Waals surface area contributed by atoms with Gasteiger partial charge in [0.05, 0.1) is 11.8 Å². The molecule has 0 spiro atoms. The number of halogens is 1. The van der Waals surface area contributed by atoms with Gasteiger partial charge in [-0.15, -0.1) is 0 Å². The molecule has 0 saturated heterocycles. The maximum absolute atomic E-state index is 13.3. The molecule has 2 aromatic rings. The van der Waals surface area contributed by atoms with Gasteiger partial charge in [0.1, 0.15) is 29.1 Å². The molecule has 1 N–H and O–H groups in total. The molecule has 5 nitrogen and oxygen atoms in total. The number of benzene rings is 1. The topological polar surface area (TPSA) is 83.2 Å². The van der Waals surface area contributed by atoms with E-state index in [1.54, 1.807) is 6.07 Å². The molecule has 0 aliphatic heterocycles. The van der Waals surface area contributed by atoms with Gasteiger partial charge in [-0.05, 0) is 24.3 Å². The molecule has 6 heteroatoms. The van der Waals surface area contributed by atoms with Crippen molar-refractivity contribution in [3.05, 3.63) is 53.6 Å². The fourth-order valence-corrected chi connectivity index (χ4v) is 1.35. The van der Waals surface area contributed by atoms with E-state index in [1.165, 1.54) is 30.5 Å². The Bertz CT molecular complexity index is 663. The highest BCUT2D eigenvalue weighted by Crippen LogP contribution is 2.22. The Morgan fingerprint density at radius 3 is 2.58 bits per heavy atom. The molecule has 0 radical (unpaired) electrons. The van der Waals surface area contributed by atoms with Gasteiger partial charge in [0.2, 0.25) is 0 Å². The van der Waals surface area contributed by atoms with Gasteiger partial charge in [-0.3, -0.25) is 0 Å². The fourth-order valence-electron chi connectivity index (χ4n) is 1.35. The molecule has 1 aromatic heterocycles. The first kappa shape index (κ1) is 12.5. The molecule has 1 aromatic carbocycles. The molecule has 94 valence electrons. The number of carbonyl (C=O) groups is 1. The summed E-state index contributed by atoms with van der Waals surface area (Å²) in [6.07, 6.45) is 1.22. The van der Waals surface area contributed by atoms with Crippen LogP contribution in [-0.2, 0) is 0 Å². The Hall–Kier alpha value is -2.94. The Kier molecular flexibility index (Phi) is 3.39. The van der Waals surface area contributed by atoms with E-state index in [1.807, 2.05) is 0 Å². The number of hydrogen-bond donors (Lipinski definition) is 1. The Labute approximate surface area is 107 Å². The highest BCUT2D eigenvalue weighted by atomic mass is 19.1. The third kappa shape index (κ3) is 2.84. The molecule has 1 heterocycles. The number of carboxylic acids is 1. The van der Waals surface area contributed by atoms with Gasteiger partial charge < -0.3 is 9.84 Å². The van der Waals surface area contributed by atoms with Crippen LogP contribution in [0.2, 0.25) is 0 Å². The summed E-state index contributed by atoms with van der Waals surface area (Å²) in [6.45, 7) is 0. The SMILES string of the molecule is N#Cc1ccc(Oc2ccc(C(=O)O)nc2)cc1F. The fraction of sp³-hybridized carbons (Fsp3) is 0. The maximum atomic E-state index is 13.3. The van der Waals surface area contributed by atoms with Crippen LogP contribution in [0.15, 0.2) is 36.5 Å². The van der Waals surface area contributed by atoms with E-state index >= 15 is 0 Å². The lowest BCUT2D eigenvalue weighted by atomic mass is 10.2. The van der Waals surface area contributed by atoms with Gasteiger partial charge in [0.25, 0.3) is 0 Å². The van der Waals surface area contributed by atoms with Crippen molar-refractivity contribution >= 4 is 5.97 Å². The summed E-state index contributed by atoms with van der Waals surface area (Å²) in [4.78, 5) is 14.3. The second-order valence-corrected chi connectivity index (χ2v) is 3.54. The number of aromatic carboxylic acids is 1. The summed E-state index contributed by atoms with van der Waals surface area (Å²) in [5, 5.41) is 17.3. The molecule has 0 aliphatic carbocycles. The van der Waals surface area contributed by atoms with Crippen molar-refractivity contribution in [2.45, 2.75) is 0 Å². The summed E-state index contributed by atoms with van der Waals surface area (Å²) < 4.78 is 18.6. The number of pyridine rings is 1. The highest BCUT2D eigenvalue weighted by Gasteiger charge is 2.07. The second kappa shape index (κ2) is 5.14. The van der Waals surface area contributed by atoms with E-state index in [9.17, 15) is 9.18 Å². The standard InChI is InChI=1S/C13H7FN2O3/c14-11-5-9(2-1-8(11)6-15)19-10-3-4-12(13(17)18)16-7-10/h1-5,7H,(H,17,18). The van der Waals surface area contributed by atoms with Crippen LogP contribution in [0, 0.1) is 17.1 Å². The quantitative estimate of drug-likeness (QED) is 0.914. The molecule has 0 atom stereocenters. The molecule has 2 rings (SSSR count). The van der Waals surface area contributed by atoms with Crippen molar-refractivity contribution in [3.63, 3.8) is 0 Å². The van der Waals surface area contributed by atoms with Crippen LogP contribution in [0.25, 0.3) is 0 Å². The van der Waals surface area contributed by atoms with Crippen LogP contribution < -0.4 is 4.74 Å². The number of aromatic nitrogens is 1. The summed E-state index contributed by atoms with van der Waals surface area (Å²) in [5.41, 5.74) is -0.190. The van der Waals surface area contributed by atoms with Crippen molar-refractivity contribution in [1.82, 2.24) is 4.98 Å². The minimum absolute atomic E-state index is 0.0771. The van der Waals surface area contributed by atoms with Gasteiger partial charge >= 0.3 is 5.97 Å². The molecule has 0 saturated carbocycles. The van der Waals surface area contributed by atoms with Crippen LogP contribution in [-0.4, -0.2) is 16.1 Å². The van der Waals surface area contributed by atoms with E-state index in [0.29, 0.717) is 0 Å². The molecule has 0 fully saturated rings. The highest BCUT2D eigenvalue weighted by molar-refractivity contribution is 5.85. The zero-order chi connectivity index (χ0) is 13.8. The molecular formula is C13H7FN2O3. The molecule has 0 amide bonds. The predicted octanol–water partition coefficient (Wildman–Crippen LogP) is 2.58. The minimum Gasteiger partial charge on any atom is -0.477 e. The summed E-state index contributed by atoms with van der Waals surface area (Å²) >= 11 is 0. The van der Waals surface area contributed by atoms with E-state index in [4.69, 9.17) is 15.1 Å². The van der Waals surface area contributed by atoms with Crippen molar-refractivity contribution in [3.8, 4) is 17.6 Å². The third-order valence-corrected chi connectivity index (χ3v) is 2.25. The smallest absolute Gasteiger partial charge is 0.354 e. The lowest BCUT2D eigenvalue weighted by molar-refractivity contribution is 0.0690. The van der Waals surface area contributed by atoms with Gasteiger partial charge in [-0.1, -0.05) is 0 Å². The minimum atomic E-state index is -1.14. The molecular weight excluding hydrogens is 251 g/mol. The van der Waals surface area contributed by atoms with E-state index < -0.39 is 11.8 Å². The number of ether oxygens (including phenoxy) is 1. The zero-order valence-corrected chi connectivity index (χ0v) is 9.50. The number of carboxylic acid groups (broad SMARTS) is 1. The van der Waals surface area contributed by atoms with Gasteiger partial charge in [-0.2, -0.15) is 5.26 Å². The number of hydrogen-bond acceptors (Lipinski definition) is 4. The van der Waals surface area contributed by atoms with Crippen LogP contribution >= 0.6 is 0 Å². The summed E-state index contributed by atoms with van der Waals surface area (Å²) in [6, 6.07) is 8.19. The lowest BCUT2D eigenvalue weighted by Crippen LogP contribution is -1.99. The van der Waals surface area contributed by atoms with Crippen molar-refractivity contribution in [1.29, 1.82) is 5.26 Å². The first-order valence-corrected chi connectivity index (χ1v) is 5.17. The van der Waals surface area contributed by atoms with Crippen LogP contribution in [0.5, 0.6) is 11.5 Å². The van der Waals surface area contributed by atoms with Crippen LogP contribution in [0.3, 0.4) is 0 Å². The first-order valence-electron chi connectivity index (χ1n) is 5.17. The molecule has 19 heavy (non-hydrogen) atoms. The monoisotopic (exact) mass is 258 g/mol. The largest absolute Gasteiger partial charge is 0.477 e. The molecule has 0 bridgehead atoms. The first-order chi connectivity index (χ1) is 9.10. The molecule has 0 unspecified atom stereocenters. The second-order valence-electron chi connectivity index (χ2n) is 3.54. The predicted molar refractivity (Wildman–Crippen MR) is 62.4 cm³/mol. The van der Waals surface area contributed by atoms with E-state index in [2.05, 4.69) is 4.98 Å². The average Bonchev–Trinajstić information content (AvgIpc) is 2.39. The van der Waals surface area contributed by atoms with Gasteiger partial charge in [0, 0.05) is 6.07 Å². The Balaban J connectivity index is 2.19. The van der Waals surface area contributed by atoms with Gasteiger partial charge in [-0.25, -0.2) is 14.2 Å². The summed E-state index contributed by atoms with van der Waals surface area (Å²) in [7, 11) is 0. The molecule has 0 aliphatic rings. The van der Waals surface area contributed by atoms with Crippen molar-refractivity contribution in [2.24, 2.45) is 0 Å². The maximum Gasteiger partial charge on any atom is 0.354 e. The zero-order valence-electron chi connectivity index (χ0n) is 9.50. The third-order valence-electron chi connectivity index (χ3n) is 2.25. The van der Waals surface area contributed by atoms with Crippen LogP contribution in [0.1, 0.15) is 16.1 Å². The van der Waals surface area contributed by atoms with E-state index in [0.717, 1.165) is 6.07 Å². The normalized spacial score (nSPS) is 9.68. The lowest BCUT2D eigenvalue weighted by Gasteiger charge is -2.05. The van der Waals surface area contributed by atoms with Crippen LogP contribution in [0.4, 0.5) is 4.39 Å². The number of rotatable bonds is 3. The number of nitrogens with zero attached hydrogens (tertiary/aromatic N) is 2. The van der Waals surface area contributed by atoms with Crippen molar-refractivity contribution in [2.75, 3.05) is 0 Å². The summed E-state index contributed by atoms with van der Waals surface area (Å²) in [5.74, 6) is -1.36. The number of nitriles is 1. The Morgan fingerprint density at radius 1 is 1.32 bits per heavy atom. The van der Waals surface area contributed by atoms with Crippen molar-refractivity contribution < 1.29 is 19.0 Å². The van der Waals surface area contributed by atoms with Gasteiger partial charge in [0.15, 0.2) is 0 Å². The Morgan fingerprint density at radius 2 is 2.05 bits per heavy atom. The van der Waals surface area contributed by atoms with E-state index in [-0.39, 0.29) is 22.8 Å². The average molecular weight is 258 g/mol.